The van der Waals surface area contributed by atoms with Crippen molar-refractivity contribution in [3.05, 3.63) is 68.6 Å². The number of thioether (sulfide) groups is 1. The molecule has 10 heteroatoms. The third-order valence-corrected chi connectivity index (χ3v) is 7.05. The first-order valence-electron chi connectivity index (χ1n) is 10.2. The minimum atomic E-state index is -0.467. The van der Waals surface area contributed by atoms with Crippen LogP contribution >= 0.6 is 23.1 Å². The van der Waals surface area contributed by atoms with E-state index in [1.165, 1.54) is 11.3 Å². The van der Waals surface area contributed by atoms with Crippen molar-refractivity contribution < 1.29 is 14.3 Å². The number of hydrogen-bond acceptors (Lipinski definition) is 8. The molecule has 8 nitrogen and oxygen atoms in total. The number of ketones is 1. The van der Waals surface area contributed by atoms with Crippen LogP contribution in [0.5, 0.6) is 0 Å². The van der Waals surface area contributed by atoms with E-state index in [0.29, 0.717) is 32.7 Å². The molecule has 0 unspecified atom stereocenters. The van der Waals surface area contributed by atoms with Gasteiger partial charge in [0.1, 0.15) is 4.83 Å². The first kappa shape index (κ1) is 22.8. The standard InChI is InChI=1S/C23H22N4O4S2/c1-4-31-22(30)17-12(2)19(25-13(17)3)16(28)11-33-23-26-20-18(21(29)27(23)24)15(10-32-20)14-8-6-5-7-9-14/h5-10,25H,4,11,24H2,1-3H3. The van der Waals surface area contributed by atoms with Crippen molar-refractivity contribution in [2.24, 2.45) is 0 Å². The third kappa shape index (κ3) is 4.19. The number of aromatic nitrogens is 3. The van der Waals surface area contributed by atoms with Gasteiger partial charge in [0, 0.05) is 16.6 Å². The average Bonchev–Trinajstić information content (AvgIpc) is 3.36. The number of carbonyl (C=O) groups is 2. The number of aryl methyl sites for hydroxylation is 1. The summed E-state index contributed by atoms with van der Waals surface area (Å²) in [6.45, 7) is 5.40. The summed E-state index contributed by atoms with van der Waals surface area (Å²) in [6.07, 6.45) is 0. The zero-order valence-electron chi connectivity index (χ0n) is 18.3. The number of rotatable bonds is 7. The van der Waals surface area contributed by atoms with Crippen molar-refractivity contribution in [1.29, 1.82) is 0 Å². The van der Waals surface area contributed by atoms with Gasteiger partial charge in [-0.05, 0) is 31.9 Å². The van der Waals surface area contributed by atoms with Gasteiger partial charge in [0.2, 0.25) is 0 Å². The lowest BCUT2D eigenvalue weighted by Crippen LogP contribution is -2.30. The minimum Gasteiger partial charge on any atom is -0.462 e. The molecule has 0 aliphatic heterocycles. The molecule has 170 valence electrons. The number of Topliss-reactive ketones (excluding diaryl/α,β-unsaturated/α-hetero) is 1. The fourth-order valence-corrected chi connectivity index (χ4v) is 5.44. The Morgan fingerprint density at radius 2 is 1.97 bits per heavy atom. The molecule has 0 bridgehead atoms. The second-order valence-electron chi connectivity index (χ2n) is 7.32. The largest absolute Gasteiger partial charge is 0.462 e. The maximum Gasteiger partial charge on any atom is 0.340 e. The van der Waals surface area contributed by atoms with Crippen molar-refractivity contribution in [3.63, 3.8) is 0 Å². The number of ether oxygens (including phenoxy) is 1. The number of H-pyrrole nitrogens is 1. The van der Waals surface area contributed by atoms with E-state index in [9.17, 15) is 14.4 Å². The monoisotopic (exact) mass is 482 g/mol. The molecule has 4 aromatic rings. The number of nitrogens with two attached hydrogens (primary N) is 1. The molecular formula is C23H22N4O4S2. The molecule has 0 fully saturated rings. The molecule has 0 atom stereocenters. The number of nitrogen functional groups attached to an aromatic ring is 1. The Bertz CT molecular complexity index is 1420. The van der Waals surface area contributed by atoms with Gasteiger partial charge in [0.05, 0.1) is 29.0 Å². The molecule has 0 amide bonds. The predicted octanol–water partition coefficient (Wildman–Crippen LogP) is 3.94. The van der Waals surface area contributed by atoms with Gasteiger partial charge >= 0.3 is 5.97 Å². The Labute approximate surface area is 197 Å². The van der Waals surface area contributed by atoms with Crippen LogP contribution in [-0.4, -0.2) is 38.8 Å². The first-order chi connectivity index (χ1) is 15.8. The lowest BCUT2D eigenvalue weighted by molar-refractivity contribution is 0.0525. The molecule has 4 rings (SSSR count). The molecular weight excluding hydrogens is 460 g/mol. The number of nitrogens with one attached hydrogen (secondary N) is 1. The van der Waals surface area contributed by atoms with Crippen molar-refractivity contribution >= 4 is 45.1 Å². The number of benzene rings is 1. The lowest BCUT2D eigenvalue weighted by atomic mass is 10.1. The average molecular weight is 483 g/mol. The van der Waals surface area contributed by atoms with E-state index in [4.69, 9.17) is 10.6 Å². The molecule has 0 saturated carbocycles. The zero-order chi connectivity index (χ0) is 23.7. The van der Waals surface area contributed by atoms with Crippen LogP contribution in [0.15, 0.2) is 45.7 Å². The van der Waals surface area contributed by atoms with E-state index in [0.717, 1.165) is 27.6 Å². The van der Waals surface area contributed by atoms with Crippen LogP contribution in [0.3, 0.4) is 0 Å². The number of fused-ring (bicyclic) bond motifs is 1. The van der Waals surface area contributed by atoms with Crippen molar-refractivity contribution in [2.45, 2.75) is 25.9 Å². The number of thiophene rings is 1. The Morgan fingerprint density at radius 1 is 1.24 bits per heavy atom. The third-order valence-electron chi connectivity index (χ3n) is 5.22. The van der Waals surface area contributed by atoms with Crippen molar-refractivity contribution in [2.75, 3.05) is 18.2 Å². The molecule has 0 saturated heterocycles. The highest BCUT2D eigenvalue weighted by molar-refractivity contribution is 7.99. The fourth-order valence-electron chi connectivity index (χ4n) is 3.66. The summed E-state index contributed by atoms with van der Waals surface area (Å²) in [5, 5.41) is 2.59. The van der Waals surface area contributed by atoms with Gasteiger partial charge in [-0.25, -0.2) is 14.5 Å². The van der Waals surface area contributed by atoms with Crippen LogP contribution < -0.4 is 11.4 Å². The Hall–Kier alpha value is -3.37. The Morgan fingerprint density at radius 3 is 2.67 bits per heavy atom. The van der Waals surface area contributed by atoms with Crippen LogP contribution in [0.1, 0.15) is 39.0 Å². The van der Waals surface area contributed by atoms with Gasteiger partial charge in [0.25, 0.3) is 5.56 Å². The summed E-state index contributed by atoms with van der Waals surface area (Å²) in [4.78, 5) is 46.1. The van der Waals surface area contributed by atoms with E-state index >= 15 is 0 Å². The van der Waals surface area contributed by atoms with Gasteiger partial charge in [0.15, 0.2) is 10.9 Å². The van der Waals surface area contributed by atoms with Crippen LogP contribution in [0, 0.1) is 13.8 Å². The summed E-state index contributed by atoms with van der Waals surface area (Å²) in [7, 11) is 0. The SMILES string of the molecule is CCOC(=O)c1c(C)[nH]c(C(=O)CSc2nc3scc(-c4ccccc4)c3c(=O)n2N)c1C. The maximum atomic E-state index is 13.0. The highest BCUT2D eigenvalue weighted by atomic mass is 32.2. The number of carbonyl (C=O) groups excluding carboxylic acids is 2. The zero-order valence-corrected chi connectivity index (χ0v) is 19.9. The maximum absolute atomic E-state index is 13.0. The lowest BCUT2D eigenvalue weighted by Gasteiger charge is -2.07. The molecule has 33 heavy (non-hydrogen) atoms. The second-order valence-corrected chi connectivity index (χ2v) is 9.12. The van der Waals surface area contributed by atoms with Crippen LogP contribution in [0.25, 0.3) is 21.3 Å². The summed E-state index contributed by atoms with van der Waals surface area (Å²) in [5.41, 5.74) is 3.13. The van der Waals surface area contributed by atoms with E-state index in [1.807, 2.05) is 35.7 Å². The van der Waals surface area contributed by atoms with Crippen LogP contribution in [-0.2, 0) is 4.74 Å². The number of esters is 1. The van der Waals surface area contributed by atoms with Gasteiger partial charge in [-0.15, -0.1) is 11.3 Å². The molecule has 0 aliphatic rings. The summed E-state index contributed by atoms with van der Waals surface area (Å²) in [6, 6.07) is 9.57. The van der Waals surface area contributed by atoms with E-state index in [-0.39, 0.29) is 28.9 Å². The molecule has 0 aliphatic carbocycles. The quantitative estimate of drug-likeness (QED) is 0.135. The molecule has 3 N–H and O–H groups in total. The van der Waals surface area contributed by atoms with Crippen molar-refractivity contribution in [1.82, 2.24) is 14.6 Å². The summed E-state index contributed by atoms with van der Waals surface area (Å²) >= 11 is 2.43. The second kappa shape index (κ2) is 9.24. The number of aromatic amines is 1. The highest BCUT2D eigenvalue weighted by Gasteiger charge is 2.24. The first-order valence-corrected chi connectivity index (χ1v) is 12.1. The van der Waals surface area contributed by atoms with Crippen molar-refractivity contribution in [3.8, 4) is 11.1 Å². The van der Waals surface area contributed by atoms with E-state index in [2.05, 4.69) is 9.97 Å². The molecule has 1 aromatic carbocycles. The van der Waals surface area contributed by atoms with Crippen LogP contribution in [0.4, 0.5) is 0 Å². The van der Waals surface area contributed by atoms with E-state index in [1.54, 1.807) is 20.8 Å². The molecule has 0 spiro atoms. The fraction of sp³-hybridized carbons (Fsp3) is 0.217. The molecule has 0 radical (unpaired) electrons. The Kier molecular flexibility index (Phi) is 6.39. The van der Waals surface area contributed by atoms with Gasteiger partial charge in [-0.2, -0.15) is 0 Å². The topological polar surface area (TPSA) is 120 Å². The number of hydrogen-bond donors (Lipinski definition) is 2. The number of nitrogens with zero attached hydrogens (tertiary/aromatic N) is 2. The minimum absolute atomic E-state index is 0.00484. The predicted molar refractivity (Wildman–Crippen MR) is 131 cm³/mol. The van der Waals surface area contributed by atoms with Crippen LogP contribution in [0.2, 0.25) is 0 Å². The van der Waals surface area contributed by atoms with Gasteiger partial charge < -0.3 is 15.6 Å². The van der Waals surface area contributed by atoms with Gasteiger partial charge in [-0.3, -0.25) is 9.59 Å². The highest BCUT2D eigenvalue weighted by Crippen LogP contribution is 2.32. The molecule has 3 heterocycles. The normalized spacial score (nSPS) is 11.1. The van der Waals surface area contributed by atoms with E-state index < -0.39 is 5.97 Å². The van der Waals surface area contributed by atoms with Gasteiger partial charge in [-0.1, -0.05) is 42.1 Å². The Balaban J connectivity index is 1.60. The smallest absolute Gasteiger partial charge is 0.340 e. The molecule has 3 aromatic heterocycles. The summed E-state index contributed by atoms with van der Waals surface area (Å²) in [5.74, 6) is 5.35. The summed E-state index contributed by atoms with van der Waals surface area (Å²) < 4.78 is 6.06.